The van der Waals surface area contributed by atoms with Gasteiger partial charge in [0.2, 0.25) is 0 Å². The maximum atomic E-state index is 11.5. The van der Waals surface area contributed by atoms with Crippen molar-refractivity contribution in [2.24, 2.45) is 5.92 Å². The van der Waals surface area contributed by atoms with Gasteiger partial charge in [-0.15, -0.1) is 0 Å². The Morgan fingerprint density at radius 2 is 1.85 bits per heavy atom. The molecule has 0 radical (unpaired) electrons. The minimum Gasteiger partial charge on any atom is -0.300 e. The first-order chi connectivity index (χ1) is 9.49. The van der Waals surface area contributed by atoms with Gasteiger partial charge in [-0.25, -0.2) is 5.48 Å². The first-order valence-electron chi connectivity index (χ1n) is 6.45. The number of hydrogen-bond donors (Lipinski definition) is 1. The maximum Gasteiger partial charge on any atom is 0.250 e. The van der Waals surface area contributed by atoms with E-state index in [9.17, 15) is 14.4 Å². The topological polar surface area (TPSA) is 72.5 Å². The Kier molecular flexibility index (Phi) is 6.59. The Hall–Kier alpha value is -2.01. The number of ketones is 2. The third-order valence-corrected chi connectivity index (χ3v) is 2.85. The summed E-state index contributed by atoms with van der Waals surface area (Å²) >= 11 is 0. The van der Waals surface area contributed by atoms with Crippen molar-refractivity contribution >= 4 is 17.5 Å². The molecule has 20 heavy (non-hydrogen) atoms. The predicted molar refractivity (Wildman–Crippen MR) is 73.5 cm³/mol. The van der Waals surface area contributed by atoms with Crippen LogP contribution in [0.4, 0.5) is 0 Å². The van der Waals surface area contributed by atoms with Gasteiger partial charge >= 0.3 is 0 Å². The van der Waals surface area contributed by atoms with Crippen LogP contribution in [0, 0.1) is 5.92 Å². The molecule has 1 atom stereocenters. The van der Waals surface area contributed by atoms with Gasteiger partial charge in [-0.2, -0.15) is 0 Å². The van der Waals surface area contributed by atoms with Gasteiger partial charge in [0.25, 0.3) is 5.91 Å². The van der Waals surface area contributed by atoms with Gasteiger partial charge in [-0.05, 0) is 12.5 Å². The quantitative estimate of drug-likeness (QED) is 0.581. The minimum absolute atomic E-state index is 0.0564. The Morgan fingerprint density at radius 3 is 2.45 bits per heavy atom. The largest absolute Gasteiger partial charge is 0.300 e. The van der Waals surface area contributed by atoms with Gasteiger partial charge in [0.1, 0.15) is 11.6 Å². The van der Waals surface area contributed by atoms with E-state index < -0.39 is 5.91 Å². The Balaban J connectivity index is 2.23. The second kappa shape index (κ2) is 8.22. The van der Waals surface area contributed by atoms with Crippen LogP contribution in [0.15, 0.2) is 30.3 Å². The number of rotatable bonds is 8. The molecule has 1 N–H and O–H groups in total. The zero-order valence-electron chi connectivity index (χ0n) is 11.7. The van der Waals surface area contributed by atoms with Crippen molar-refractivity contribution in [1.82, 2.24) is 5.48 Å². The third-order valence-electron chi connectivity index (χ3n) is 2.85. The molecular weight excluding hydrogens is 258 g/mol. The summed E-state index contributed by atoms with van der Waals surface area (Å²) in [5.41, 5.74) is 3.14. The van der Waals surface area contributed by atoms with Gasteiger partial charge < -0.3 is 0 Å². The van der Waals surface area contributed by atoms with Crippen LogP contribution in [-0.4, -0.2) is 17.5 Å². The van der Waals surface area contributed by atoms with Crippen molar-refractivity contribution in [2.75, 3.05) is 0 Å². The highest BCUT2D eigenvalue weighted by molar-refractivity contribution is 5.99. The van der Waals surface area contributed by atoms with Crippen molar-refractivity contribution in [3.63, 3.8) is 0 Å². The number of nitrogens with one attached hydrogen (secondary N) is 1. The van der Waals surface area contributed by atoms with Crippen molar-refractivity contribution in [2.45, 2.75) is 33.3 Å². The van der Waals surface area contributed by atoms with Crippen LogP contribution < -0.4 is 5.48 Å². The lowest BCUT2D eigenvalue weighted by atomic mass is 9.99. The number of amides is 1. The van der Waals surface area contributed by atoms with E-state index in [4.69, 9.17) is 4.84 Å². The maximum absolute atomic E-state index is 11.5. The molecule has 5 nitrogen and oxygen atoms in total. The predicted octanol–water partition coefficient (Wildman–Crippen LogP) is 1.81. The summed E-state index contributed by atoms with van der Waals surface area (Å²) in [7, 11) is 0. The number of hydrogen-bond acceptors (Lipinski definition) is 4. The lowest BCUT2D eigenvalue weighted by Gasteiger charge is -2.07. The van der Waals surface area contributed by atoms with Crippen molar-refractivity contribution < 1.29 is 19.2 Å². The molecule has 0 spiro atoms. The van der Waals surface area contributed by atoms with Crippen LogP contribution in [-0.2, 0) is 25.8 Å². The number of carbonyl (C=O) groups is 3. The summed E-state index contributed by atoms with van der Waals surface area (Å²) in [6, 6.07) is 9.36. The van der Waals surface area contributed by atoms with Crippen LogP contribution >= 0.6 is 0 Å². The van der Waals surface area contributed by atoms with Crippen LogP contribution in [0.5, 0.6) is 0 Å². The van der Waals surface area contributed by atoms with Crippen molar-refractivity contribution in [3.8, 4) is 0 Å². The average molecular weight is 277 g/mol. The summed E-state index contributed by atoms with van der Waals surface area (Å²) in [6.07, 6.45) is -0.187. The molecule has 0 saturated carbocycles. The molecule has 0 aliphatic carbocycles. The molecule has 0 aromatic heterocycles. The molecule has 0 bridgehead atoms. The van der Waals surface area contributed by atoms with E-state index in [1.54, 1.807) is 6.92 Å². The lowest BCUT2D eigenvalue weighted by molar-refractivity contribution is -0.139. The summed E-state index contributed by atoms with van der Waals surface area (Å²) in [5, 5.41) is 0. The first kappa shape index (κ1) is 16.0. The molecule has 1 amide bonds. The monoisotopic (exact) mass is 277 g/mol. The van der Waals surface area contributed by atoms with Gasteiger partial charge in [-0.1, -0.05) is 37.3 Å². The van der Waals surface area contributed by atoms with Gasteiger partial charge in [0.05, 0.1) is 13.0 Å². The highest BCUT2D eigenvalue weighted by Gasteiger charge is 2.16. The molecule has 0 aliphatic heterocycles. The standard InChI is InChI=1S/C15H19NO4/c1-11(12(2)17)8-14(18)9-15(19)16-20-10-13-6-4-3-5-7-13/h3-7,11H,8-10H2,1-2H3,(H,16,19). The zero-order valence-corrected chi connectivity index (χ0v) is 11.7. The molecule has 1 aromatic carbocycles. The van der Waals surface area contributed by atoms with Gasteiger partial charge in [0, 0.05) is 12.3 Å². The lowest BCUT2D eigenvalue weighted by Crippen LogP contribution is -2.26. The van der Waals surface area contributed by atoms with E-state index in [0.29, 0.717) is 0 Å². The average Bonchev–Trinajstić information content (AvgIpc) is 2.39. The van der Waals surface area contributed by atoms with Gasteiger partial charge in [-0.3, -0.25) is 19.2 Å². The zero-order chi connectivity index (χ0) is 15.0. The molecule has 0 heterocycles. The summed E-state index contributed by atoms with van der Waals surface area (Å²) in [4.78, 5) is 39.0. The van der Waals surface area contributed by atoms with E-state index in [1.165, 1.54) is 6.92 Å². The molecule has 0 saturated heterocycles. The Bertz CT molecular complexity index is 470. The molecule has 1 unspecified atom stereocenters. The second-order valence-corrected chi connectivity index (χ2v) is 4.73. The number of hydroxylamine groups is 1. The van der Waals surface area contributed by atoms with E-state index in [-0.39, 0.29) is 36.9 Å². The highest BCUT2D eigenvalue weighted by Crippen LogP contribution is 2.06. The summed E-state index contributed by atoms with van der Waals surface area (Å²) < 4.78 is 0. The minimum atomic E-state index is -0.498. The normalized spacial score (nSPS) is 11.7. The molecule has 0 fully saturated rings. The number of carbonyl (C=O) groups excluding carboxylic acids is 3. The molecule has 5 heteroatoms. The van der Waals surface area contributed by atoms with Crippen molar-refractivity contribution in [1.29, 1.82) is 0 Å². The third kappa shape index (κ3) is 6.24. The highest BCUT2D eigenvalue weighted by atomic mass is 16.6. The molecule has 1 rings (SSSR count). The first-order valence-corrected chi connectivity index (χ1v) is 6.45. The molecule has 0 aliphatic rings. The number of benzene rings is 1. The van der Waals surface area contributed by atoms with E-state index >= 15 is 0 Å². The fourth-order valence-electron chi connectivity index (χ4n) is 1.55. The Labute approximate surface area is 118 Å². The molecular formula is C15H19NO4. The van der Waals surface area contributed by atoms with Gasteiger partial charge in [0.15, 0.2) is 0 Å². The molecule has 1 aromatic rings. The van der Waals surface area contributed by atoms with Crippen LogP contribution in [0.2, 0.25) is 0 Å². The van der Waals surface area contributed by atoms with Crippen molar-refractivity contribution in [3.05, 3.63) is 35.9 Å². The molecule has 108 valence electrons. The fourth-order valence-corrected chi connectivity index (χ4v) is 1.55. The second-order valence-electron chi connectivity index (χ2n) is 4.73. The summed E-state index contributed by atoms with van der Waals surface area (Å²) in [5.74, 6) is -1.17. The fraction of sp³-hybridized carbons (Fsp3) is 0.400. The van der Waals surface area contributed by atoms with Crippen LogP contribution in [0.1, 0.15) is 32.3 Å². The summed E-state index contributed by atoms with van der Waals surface area (Å²) in [6.45, 7) is 3.34. The van der Waals surface area contributed by atoms with E-state index in [1.807, 2.05) is 30.3 Å². The Morgan fingerprint density at radius 1 is 1.20 bits per heavy atom. The van der Waals surface area contributed by atoms with E-state index in [2.05, 4.69) is 5.48 Å². The van der Waals surface area contributed by atoms with Crippen LogP contribution in [0.3, 0.4) is 0 Å². The smallest absolute Gasteiger partial charge is 0.250 e. The number of Topliss-reactive ketones (excluding diaryl/α,β-unsaturated/α-hetero) is 2. The van der Waals surface area contributed by atoms with E-state index in [0.717, 1.165) is 5.56 Å². The van der Waals surface area contributed by atoms with Crippen LogP contribution in [0.25, 0.3) is 0 Å². The SMILES string of the molecule is CC(=O)C(C)CC(=O)CC(=O)NOCc1ccccc1.